The van der Waals surface area contributed by atoms with Gasteiger partial charge in [0.2, 0.25) is 15.9 Å². The first kappa shape index (κ1) is 20.5. The second-order valence-corrected chi connectivity index (χ2v) is 9.88. The lowest BCUT2D eigenvalue weighted by Crippen LogP contribution is -2.48. The van der Waals surface area contributed by atoms with Crippen LogP contribution in [0.2, 0.25) is 0 Å². The van der Waals surface area contributed by atoms with Crippen molar-refractivity contribution in [1.82, 2.24) is 9.29 Å². The van der Waals surface area contributed by atoms with Crippen molar-refractivity contribution >= 4 is 38.8 Å². The Morgan fingerprint density at radius 2 is 1.77 bits per heavy atom. The summed E-state index contributed by atoms with van der Waals surface area (Å²) in [6, 6.07) is 16.0. The second-order valence-electron chi connectivity index (χ2n) is 6.91. The molecule has 156 valence electrons. The molecule has 4 rings (SSSR count). The Balaban J connectivity index is 1.33. The molecule has 1 fully saturated rings. The summed E-state index contributed by atoms with van der Waals surface area (Å²) < 4.78 is 27.0. The maximum Gasteiger partial charge on any atom is 0.243 e. The molecule has 1 aromatic carbocycles. The van der Waals surface area contributed by atoms with Gasteiger partial charge in [-0.3, -0.25) is 4.79 Å². The van der Waals surface area contributed by atoms with Crippen LogP contribution in [0.3, 0.4) is 0 Å². The lowest BCUT2D eigenvalue weighted by atomic mass is 10.3. The molecule has 0 saturated carbocycles. The van der Waals surface area contributed by atoms with Gasteiger partial charge in [-0.15, -0.1) is 11.3 Å². The molecule has 1 N–H and O–H groups in total. The Kier molecular flexibility index (Phi) is 6.12. The third kappa shape index (κ3) is 4.69. The molecule has 2 aromatic heterocycles. The molecule has 0 bridgehead atoms. The van der Waals surface area contributed by atoms with E-state index in [4.69, 9.17) is 0 Å². The van der Waals surface area contributed by atoms with Crippen LogP contribution in [0.25, 0.3) is 0 Å². The molecule has 0 radical (unpaired) electrons. The van der Waals surface area contributed by atoms with E-state index in [1.54, 1.807) is 47.9 Å². The van der Waals surface area contributed by atoms with Gasteiger partial charge in [0.05, 0.1) is 23.2 Å². The number of thiophene rings is 1. The maximum absolute atomic E-state index is 12.7. The summed E-state index contributed by atoms with van der Waals surface area (Å²) in [5.41, 5.74) is 0.644. The Hall–Kier alpha value is -2.75. The highest BCUT2D eigenvalue weighted by molar-refractivity contribution is 7.89. The van der Waals surface area contributed by atoms with Gasteiger partial charge in [-0.05, 0) is 35.7 Å². The van der Waals surface area contributed by atoms with Gasteiger partial charge in [0, 0.05) is 31.1 Å². The van der Waals surface area contributed by atoms with Gasteiger partial charge in [0.1, 0.15) is 5.82 Å². The minimum absolute atomic E-state index is 0.0771. The molecule has 3 heterocycles. The number of aromatic nitrogens is 1. The summed E-state index contributed by atoms with van der Waals surface area (Å²) in [4.78, 5) is 19.9. The maximum atomic E-state index is 12.7. The van der Waals surface area contributed by atoms with Crippen LogP contribution in [0.1, 0.15) is 4.88 Å². The molecular weight excluding hydrogens is 420 g/mol. The van der Waals surface area contributed by atoms with Crippen LogP contribution < -0.4 is 10.2 Å². The van der Waals surface area contributed by atoms with E-state index < -0.39 is 10.0 Å². The van der Waals surface area contributed by atoms with Crippen molar-refractivity contribution in [2.75, 3.05) is 36.4 Å². The number of hydrogen-bond donors (Lipinski definition) is 1. The molecule has 30 heavy (non-hydrogen) atoms. The highest BCUT2D eigenvalue weighted by Gasteiger charge is 2.28. The van der Waals surface area contributed by atoms with E-state index in [0.29, 0.717) is 43.2 Å². The number of carbonyl (C=O) groups is 1. The van der Waals surface area contributed by atoms with E-state index in [2.05, 4.69) is 10.3 Å². The predicted octanol–water partition coefficient (Wildman–Crippen LogP) is 2.84. The van der Waals surface area contributed by atoms with Gasteiger partial charge >= 0.3 is 0 Å². The molecule has 1 aliphatic heterocycles. The Morgan fingerprint density at radius 1 is 1.00 bits per heavy atom. The minimum atomic E-state index is -3.47. The topological polar surface area (TPSA) is 82.6 Å². The first-order valence-corrected chi connectivity index (χ1v) is 11.9. The van der Waals surface area contributed by atoms with E-state index in [1.165, 1.54) is 4.31 Å². The summed E-state index contributed by atoms with van der Waals surface area (Å²) in [6.45, 7) is 1.92. The monoisotopic (exact) mass is 442 g/mol. The molecule has 3 aromatic rings. The zero-order valence-electron chi connectivity index (χ0n) is 16.3. The van der Waals surface area contributed by atoms with E-state index in [9.17, 15) is 13.2 Å². The van der Waals surface area contributed by atoms with Gasteiger partial charge in [0.15, 0.2) is 0 Å². The zero-order valence-corrected chi connectivity index (χ0v) is 17.9. The number of benzene rings is 1. The minimum Gasteiger partial charge on any atom is -0.354 e. The van der Waals surface area contributed by atoms with Gasteiger partial charge in [-0.25, -0.2) is 13.4 Å². The van der Waals surface area contributed by atoms with Gasteiger partial charge < -0.3 is 10.2 Å². The highest BCUT2D eigenvalue weighted by Crippen LogP contribution is 2.21. The van der Waals surface area contributed by atoms with Crippen LogP contribution in [0.5, 0.6) is 0 Å². The van der Waals surface area contributed by atoms with Crippen molar-refractivity contribution < 1.29 is 13.2 Å². The molecule has 1 saturated heterocycles. The van der Waals surface area contributed by atoms with Crippen LogP contribution in [0, 0.1) is 0 Å². The quantitative estimate of drug-likeness (QED) is 0.635. The van der Waals surface area contributed by atoms with Gasteiger partial charge in [-0.1, -0.05) is 24.3 Å². The first-order chi connectivity index (χ1) is 14.5. The number of nitrogens with zero attached hydrogens (tertiary/aromatic N) is 3. The Bertz CT molecular complexity index is 1080. The van der Waals surface area contributed by atoms with Crippen molar-refractivity contribution in [1.29, 1.82) is 0 Å². The number of pyridine rings is 1. The number of amides is 1. The van der Waals surface area contributed by atoms with Crippen LogP contribution in [-0.2, 0) is 21.2 Å². The fourth-order valence-corrected chi connectivity index (χ4v) is 5.47. The van der Waals surface area contributed by atoms with Crippen LogP contribution >= 0.6 is 11.3 Å². The third-order valence-electron chi connectivity index (χ3n) is 4.89. The summed E-state index contributed by atoms with van der Waals surface area (Å²) in [6.07, 6.45) is 1.98. The molecule has 7 nitrogen and oxygen atoms in total. The highest BCUT2D eigenvalue weighted by atomic mass is 32.2. The van der Waals surface area contributed by atoms with Crippen LogP contribution in [0.15, 0.2) is 71.1 Å². The zero-order chi connectivity index (χ0) is 21.0. The summed E-state index contributed by atoms with van der Waals surface area (Å²) in [5.74, 6) is 0.690. The van der Waals surface area contributed by atoms with Gasteiger partial charge in [-0.2, -0.15) is 4.31 Å². The first-order valence-electron chi connectivity index (χ1n) is 9.61. The number of carbonyl (C=O) groups excluding carboxylic acids is 1. The average molecular weight is 443 g/mol. The van der Waals surface area contributed by atoms with Crippen LogP contribution in [0.4, 0.5) is 11.5 Å². The van der Waals surface area contributed by atoms with Crippen LogP contribution in [-0.4, -0.2) is 49.8 Å². The van der Waals surface area contributed by atoms with Gasteiger partial charge in [0.25, 0.3) is 0 Å². The molecule has 1 amide bonds. The van der Waals surface area contributed by atoms with Crippen molar-refractivity contribution in [2.24, 2.45) is 0 Å². The summed E-state index contributed by atoms with van der Waals surface area (Å²) in [7, 11) is -3.47. The SMILES string of the molecule is O=C(Cc1cccs1)Nc1ccc(N2CCN(S(=O)(=O)c3ccccc3)CC2)nc1. The van der Waals surface area contributed by atoms with E-state index >= 15 is 0 Å². The van der Waals surface area contributed by atoms with Crippen molar-refractivity contribution in [2.45, 2.75) is 11.3 Å². The average Bonchev–Trinajstić information content (AvgIpc) is 3.28. The molecule has 9 heteroatoms. The summed E-state index contributed by atoms with van der Waals surface area (Å²) in [5, 5.41) is 4.80. The molecular formula is C21H22N4O3S2. The van der Waals surface area contributed by atoms with Crippen molar-refractivity contribution in [3.05, 3.63) is 71.1 Å². The fourth-order valence-electron chi connectivity index (χ4n) is 3.32. The normalized spacial score (nSPS) is 15.1. The lowest BCUT2D eigenvalue weighted by Gasteiger charge is -2.34. The molecule has 0 unspecified atom stereocenters. The number of piperazine rings is 1. The van der Waals surface area contributed by atoms with Crippen molar-refractivity contribution in [3.8, 4) is 0 Å². The largest absolute Gasteiger partial charge is 0.354 e. The molecule has 0 aliphatic carbocycles. The number of nitrogens with one attached hydrogen (secondary N) is 1. The van der Waals surface area contributed by atoms with E-state index in [-0.39, 0.29) is 5.91 Å². The molecule has 0 spiro atoms. The number of hydrogen-bond acceptors (Lipinski definition) is 6. The number of sulfonamides is 1. The smallest absolute Gasteiger partial charge is 0.243 e. The van der Waals surface area contributed by atoms with E-state index in [0.717, 1.165) is 10.7 Å². The fraction of sp³-hybridized carbons (Fsp3) is 0.238. The Labute approximate surface area is 180 Å². The standard InChI is InChI=1S/C21H22N4O3S2/c26-21(15-18-5-4-14-29-18)23-17-8-9-20(22-16-17)24-10-12-25(13-11-24)30(27,28)19-6-2-1-3-7-19/h1-9,14,16H,10-13,15H2,(H,23,26). The lowest BCUT2D eigenvalue weighted by molar-refractivity contribution is -0.115. The summed E-state index contributed by atoms with van der Waals surface area (Å²) >= 11 is 1.55. The molecule has 0 atom stereocenters. The number of rotatable bonds is 6. The third-order valence-corrected chi connectivity index (χ3v) is 7.68. The second kappa shape index (κ2) is 8.95. The van der Waals surface area contributed by atoms with Crippen molar-refractivity contribution in [3.63, 3.8) is 0 Å². The van der Waals surface area contributed by atoms with E-state index in [1.807, 2.05) is 34.5 Å². The Morgan fingerprint density at radius 3 is 2.40 bits per heavy atom. The number of anilines is 2. The predicted molar refractivity (Wildman–Crippen MR) is 118 cm³/mol. The molecule has 1 aliphatic rings.